The lowest BCUT2D eigenvalue weighted by Gasteiger charge is -2.20. The molecular weight excluding hydrogens is 340 g/mol. The SMILES string of the molecule is CC(C)(C)c1ccc2sc(CC(C)(C)c3cc4n(n3)CCNC4)nc2c1. The van der Waals surface area contributed by atoms with Crippen LogP contribution in [0.2, 0.25) is 0 Å². The summed E-state index contributed by atoms with van der Waals surface area (Å²) in [5, 5.41) is 9.49. The molecule has 0 radical (unpaired) electrons. The molecule has 3 heterocycles. The van der Waals surface area contributed by atoms with Crippen molar-refractivity contribution in [2.45, 2.75) is 65.0 Å². The fraction of sp³-hybridized carbons (Fsp3) is 0.524. The lowest BCUT2D eigenvalue weighted by Crippen LogP contribution is -2.28. The van der Waals surface area contributed by atoms with Gasteiger partial charge in [0.25, 0.3) is 0 Å². The molecule has 0 aliphatic carbocycles. The number of benzene rings is 1. The molecule has 26 heavy (non-hydrogen) atoms. The Hall–Kier alpha value is -1.72. The molecule has 0 bridgehead atoms. The number of aromatic nitrogens is 3. The van der Waals surface area contributed by atoms with Crippen molar-refractivity contribution in [1.82, 2.24) is 20.1 Å². The molecule has 1 aromatic carbocycles. The Morgan fingerprint density at radius 1 is 1.15 bits per heavy atom. The Morgan fingerprint density at radius 2 is 1.96 bits per heavy atom. The van der Waals surface area contributed by atoms with Crippen molar-refractivity contribution in [2.24, 2.45) is 0 Å². The summed E-state index contributed by atoms with van der Waals surface area (Å²) in [4.78, 5) is 4.95. The summed E-state index contributed by atoms with van der Waals surface area (Å²) in [7, 11) is 0. The minimum atomic E-state index is -0.0227. The molecule has 1 N–H and O–H groups in total. The van der Waals surface area contributed by atoms with Crippen LogP contribution in [-0.2, 0) is 30.3 Å². The van der Waals surface area contributed by atoms with Crippen LogP contribution in [0.15, 0.2) is 24.3 Å². The average molecular weight is 369 g/mol. The molecule has 4 nitrogen and oxygen atoms in total. The maximum absolute atomic E-state index is 4.95. The number of thiazole rings is 1. The van der Waals surface area contributed by atoms with Gasteiger partial charge in [-0.05, 0) is 29.2 Å². The monoisotopic (exact) mass is 368 g/mol. The summed E-state index contributed by atoms with van der Waals surface area (Å²) in [6.45, 7) is 14.2. The summed E-state index contributed by atoms with van der Waals surface area (Å²) < 4.78 is 3.43. The number of rotatable bonds is 3. The minimum absolute atomic E-state index is 0.0227. The molecule has 138 valence electrons. The van der Waals surface area contributed by atoms with Gasteiger partial charge in [0.05, 0.1) is 33.2 Å². The molecule has 4 rings (SSSR count). The molecule has 0 unspecified atom stereocenters. The van der Waals surface area contributed by atoms with E-state index in [1.807, 2.05) is 11.3 Å². The zero-order valence-corrected chi connectivity index (χ0v) is 17.2. The molecule has 1 aliphatic heterocycles. The van der Waals surface area contributed by atoms with Crippen LogP contribution in [0, 0.1) is 0 Å². The number of hydrogen-bond donors (Lipinski definition) is 1. The first-order valence-corrected chi connectivity index (χ1v) is 10.2. The Morgan fingerprint density at radius 3 is 2.69 bits per heavy atom. The third-order valence-electron chi connectivity index (χ3n) is 5.25. The van der Waals surface area contributed by atoms with Crippen molar-refractivity contribution in [2.75, 3.05) is 6.54 Å². The van der Waals surface area contributed by atoms with Crippen LogP contribution < -0.4 is 5.32 Å². The highest BCUT2D eigenvalue weighted by molar-refractivity contribution is 7.18. The second-order valence-electron chi connectivity index (χ2n) is 9.02. The van der Waals surface area contributed by atoms with Crippen LogP contribution >= 0.6 is 11.3 Å². The minimum Gasteiger partial charge on any atom is -0.309 e. The van der Waals surface area contributed by atoms with E-state index in [9.17, 15) is 0 Å². The standard InChI is InChI=1S/C21H28N4S/c1-20(2,3)14-6-7-17-16(10-14)23-19(26-17)12-21(4,5)18-11-15-13-22-8-9-25(15)24-18/h6-7,10-11,22H,8-9,12-13H2,1-5H3. The molecule has 0 saturated carbocycles. The summed E-state index contributed by atoms with van der Waals surface area (Å²) in [5.41, 5.74) is 5.06. The fourth-order valence-electron chi connectivity index (χ4n) is 3.51. The highest BCUT2D eigenvalue weighted by Gasteiger charge is 2.28. The van der Waals surface area contributed by atoms with Gasteiger partial charge in [-0.1, -0.05) is 40.7 Å². The third-order valence-corrected chi connectivity index (χ3v) is 6.29. The first kappa shape index (κ1) is 17.7. The molecule has 1 aliphatic rings. The Bertz CT molecular complexity index is 919. The first-order chi connectivity index (χ1) is 12.2. The number of fused-ring (bicyclic) bond motifs is 2. The van der Waals surface area contributed by atoms with Crippen molar-refractivity contribution in [3.63, 3.8) is 0 Å². The van der Waals surface area contributed by atoms with Gasteiger partial charge >= 0.3 is 0 Å². The summed E-state index contributed by atoms with van der Waals surface area (Å²) >= 11 is 1.81. The van der Waals surface area contributed by atoms with Gasteiger partial charge in [0, 0.05) is 24.9 Å². The second-order valence-corrected chi connectivity index (χ2v) is 10.1. The molecule has 5 heteroatoms. The average Bonchev–Trinajstić information content (AvgIpc) is 3.16. The van der Waals surface area contributed by atoms with Gasteiger partial charge in [-0.2, -0.15) is 5.10 Å². The van der Waals surface area contributed by atoms with E-state index in [0.717, 1.165) is 31.6 Å². The Kier molecular flexibility index (Phi) is 4.20. The summed E-state index contributed by atoms with van der Waals surface area (Å²) in [6, 6.07) is 8.98. The van der Waals surface area contributed by atoms with Gasteiger partial charge in [-0.3, -0.25) is 4.68 Å². The molecule has 0 spiro atoms. The zero-order chi connectivity index (χ0) is 18.5. The van der Waals surface area contributed by atoms with Crippen LogP contribution in [0.4, 0.5) is 0 Å². The fourth-order valence-corrected chi connectivity index (χ4v) is 4.69. The quantitative estimate of drug-likeness (QED) is 0.744. The van der Waals surface area contributed by atoms with Crippen molar-refractivity contribution in [3.05, 3.63) is 46.2 Å². The van der Waals surface area contributed by atoms with E-state index < -0.39 is 0 Å². The smallest absolute Gasteiger partial charge is 0.0947 e. The Balaban J connectivity index is 1.62. The topological polar surface area (TPSA) is 42.7 Å². The maximum Gasteiger partial charge on any atom is 0.0947 e. The largest absolute Gasteiger partial charge is 0.309 e. The molecule has 0 fully saturated rings. The maximum atomic E-state index is 4.95. The second kappa shape index (κ2) is 6.17. The highest BCUT2D eigenvalue weighted by Crippen LogP contribution is 2.33. The highest BCUT2D eigenvalue weighted by atomic mass is 32.1. The van der Waals surface area contributed by atoms with Gasteiger partial charge < -0.3 is 5.32 Å². The van der Waals surface area contributed by atoms with Gasteiger partial charge in [0.15, 0.2) is 0 Å². The number of nitrogens with one attached hydrogen (secondary N) is 1. The summed E-state index contributed by atoms with van der Waals surface area (Å²) in [6.07, 6.45) is 0.918. The van der Waals surface area contributed by atoms with Crippen LogP contribution in [0.3, 0.4) is 0 Å². The molecule has 0 amide bonds. The lowest BCUT2D eigenvalue weighted by molar-refractivity contribution is 0.452. The van der Waals surface area contributed by atoms with E-state index in [0.29, 0.717) is 0 Å². The normalized spacial score (nSPS) is 15.4. The van der Waals surface area contributed by atoms with Crippen LogP contribution in [0.5, 0.6) is 0 Å². The van der Waals surface area contributed by atoms with Gasteiger partial charge in [-0.25, -0.2) is 4.98 Å². The van der Waals surface area contributed by atoms with E-state index >= 15 is 0 Å². The van der Waals surface area contributed by atoms with E-state index in [1.165, 1.54) is 26.7 Å². The van der Waals surface area contributed by atoms with E-state index in [-0.39, 0.29) is 10.8 Å². The molecule has 0 saturated heterocycles. The van der Waals surface area contributed by atoms with E-state index in [2.05, 4.69) is 68.9 Å². The molecule has 0 atom stereocenters. The van der Waals surface area contributed by atoms with Crippen molar-refractivity contribution in [1.29, 1.82) is 0 Å². The number of nitrogens with zero attached hydrogens (tertiary/aromatic N) is 3. The first-order valence-electron chi connectivity index (χ1n) is 9.40. The molecular formula is C21H28N4S. The van der Waals surface area contributed by atoms with E-state index in [1.54, 1.807) is 0 Å². The summed E-state index contributed by atoms with van der Waals surface area (Å²) in [5.74, 6) is 0. The van der Waals surface area contributed by atoms with E-state index in [4.69, 9.17) is 10.1 Å². The Labute approximate surface area is 159 Å². The van der Waals surface area contributed by atoms with Gasteiger partial charge in [0.2, 0.25) is 0 Å². The van der Waals surface area contributed by atoms with Crippen LogP contribution in [0.25, 0.3) is 10.2 Å². The number of hydrogen-bond acceptors (Lipinski definition) is 4. The van der Waals surface area contributed by atoms with Crippen LogP contribution in [0.1, 0.15) is 56.6 Å². The third kappa shape index (κ3) is 3.30. The molecule has 3 aromatic rings. The molecule has 2 aromatic heterocycles. The van der Waals surface area contributed by atoms with Crippen LogP contribution in [-0.4, -0.2) is 21.3 Å². The van der Waals surface area contributed by atoms with Gasteiger partial charge in [-0.15, -0.1) is 11.3 Å². The van der Waals surface area contributed by atoms with Crippen molar-refractivity contribution in [3.8, 4) is 0 Å². The van der Waals surface area contributed by atoms with Gasteiger partial charge in [0.1, 0.15) is 0 Å². The zero-order valence-electron chi connectivity index (χ0n) is 16.4. The predicted molar refractivity (Wildman–Crippen MR) is 109 cm³/mol. The predicted octanol–water partition coefficient (Wildman–Crippen LogP) is 4.41. The lowest BCUT2D eigenvalue weighted by atomic mass is 9.86. The van der Waals surface area contributed by atoms with Crippen molar-refractivity contribution >= 4 is 21.6 Å². The van der Waals surface area contributed by atoms with Crippen molar-refractivity contribution < 1.29 is 0 Å².